The first-order valence-electron chi connectivity index (χ1n) is 15.7. The van der Waals surface area contributed by atoms with Gasteiger partial charge in [-0.1, -0.05) is 0 Å². The first kappa shape index (κ1) is 33.0. The summed E-state index contributed by atoms with van der Waals surface area (Å²) < 4.78 is 30.1. The standard InChI is InChI=1S/C31H41N5O10/c1-4-43-30(39)27-33-24(18-34(27)2)32-25(37)11-9-15-44-23-17-21-19(16-22(23)42-3)28(38)35-13-7-5-10-20(35)29(36(21)31(40)41)46-26-12-6-8-14-45-26/h16-18,20,26,29H,4-15H2,1-3H3,(H,32,37)(H,40,41)/t20-,26?,29?/m0/s1. The van der Waals surface area contributed by atoms with E-state index < -0.39 is 30.6 Å². The number of piperidine rings is 1. The van der Waals surface area contributed by atoms with E-state index in [1.807, 2.05) is 0 Å². The summed E-state index contributed by atoms with van der Waals surface area (Å²) in [6, 6.07) is 2.50. The molecule has 2 fully saturated rings. The Kier molecular flexibility index (Phi) is 10.6. The summed E-state index contributed by atoms with van der Waals surface area (Å²) in [5.74, 6) is -0.469. The van der Waals surface area contributed by atoms with Gasteiger partial charge in [0.05, 0.1) is 37.6 Å². The van der Waals surface area contributed by atoms with E-state index in [1.54, 1.807) is 18.9 Å². The fraction of sp³-hybridized carbons (Fsp3) is 0.581. The van der Waals surface area contributed by atoms with Gasteiger partial charge in [-0.2, -0.15) is 0 Å². The summed E-state index contributed by atoms with van der Waals surface area (Å²) in [6.07, 6.45) is 3.73. The molecular weight excluding hydrogens is 602 g/mol. The molecule has 0 bridgehead atoms. The highest BCUT2D eigenvalue weighted by atomic mass is 16.7. The predicted octanol–water partition coefficient (Wildman–Crippen LogP) is 3.77. The SMILES string of the molecule is CCOC(=O)c1nc(NC(=O)CCCOc2cc3c(cc2OC)C(=O)N2CCCC[C@H]2C(OC2CCCCO2)N3C(=O)O)cn1C. The van der Waals surface area contributed by atoms with Crippen LogP contribution in [0.3, 0.4) is 0 Å². The van der Waals surface area contributed by atoms with Crippen LogP contribution in [0.5, 0.6) is 11.5 Å². The average Bonchev–Trinajstić information content (AvgIpc) is 3.38. The smallest absolute Gasteiger partial charge is 0.414 e. The summed E-state index contributed by atoms with van der Waals surface area (Å²) in [6.45, 7) is 2.99. The third-order valence-corrected chi connectivity index (χ3v) is 8.21. The third-order valence-electron chi connectivity index (χ3n) is 8.21. The lowest BCUT2D eigenvalue weighted by atomic mass is 10.00. The summed E-state index contributed by atoms with van der Waals surface area (Å²) in [4.78, 5) is 58.3. The molecule has 46 heavy (non-hydrogen) atoms. The summed E-state index contributed by atoms with van der Waals surface area (Å²) in [7, 11) is 3.06. The Balaban J connectivity index is 1.32. The number of fused-ring (bicyclic) bond motifs is 2. The van der Waals surface area contributed by atoms with Crippen molar-refractivity contribution in [1.82, 2.24) is 14.5 Å². The normalized spacial score (nSPS) is 21.1. The van der Waals surface area contributed by atoms with Crippen molar-refractivity contribution < 1.29 is 48.0 Å². The van der Waals surface area contributed by atoms with Crippen LogP contribution < -0.4 is 19.7 Å². The van der Waals surface area contributed by atoms with E-state index in [9.17, 15) is 24.3 Å². The fourth-order valence-electron chi connectivity index (χ4n) is 6.03. The van der Waals surface area contributed by atoms with Crippen LogP contribution in [0.1, 0.15) is 79.3 Å². The number of amides is 3. The molecule has 0 saturated carbocycles. The molecule has 250 valence electrons. The van der Waals surface area contributed by atoms with Gasteiger partial charge in [0.2, 0.25) is 11.7 Å². The van der Waals surface area contributed by atoms with Crippen LogP contribution in [-0.4, -0.2) is 95.5 Å². The van der Waals surface area contributed by atoms with Crippen LogP contribution in [0.4, 0.5) is 16.3 Å². The lowest BCUT2D eigenvalue weighted by molar-refractivity contribution is -0.198. The number of anilines is 2. The van der Waals surface area contributed by atoms with Gasteiger partial charge in [0.15, 0.2) is 29.8 Å². The molecule has 2 N–H and O–H groups in total. The number of nitrogens with zero attached hydrogens (tertiary/aromatic N) is 4. The van der Waals surface area contributed by atoms with Gasteiger partial charge in [-0.15, -0.1) is 0 Å². The molecule has 3 aliphatic heterocycles. The van der Waals surface area contributed by atoms with Crippen molar-refractivity contribution in [3.63, 3.8) is 0 Å². The molecule has 3 amide bonds. The molecule has 2 unspecified atom stereocenters. The number of ether oxygens (including phenoxy) is 5. The van der Waals surface area contributed by atoms with Crippen molar-refractivity contribution in [2.24, 2.45) is 7.05 Å². The number of hydrogen-bond donors (Lipinski definition) is 2. The second-order valence-electron chi connectivity index (χ2n) is 11.3. The van der Waals surface area contributed by atoms with E-state index in [4.69, 9.17) is 23.7 Å². The van der Waals surface area contributed by atoms with Gasteiger partial charge in [-0.3, -0.25) is 9.59 Å². The number of nitrogens with one attached hydrogen (secondary N) is 1. The lowest BCUT2D eigenvalue weighted by Crippen LogP contribution is -2.57. The highest BCUT2D eigenvalue weighted by Gasteiger charge is 2.46. The second kappa shape index (κ2) is 14.8. The zero-order valence-electron chi connectivity index (χ0n) is 26.4. The Morgan fingerprint density at radius 1 is 1.13 bits per heavy atom. The van der Waals surface area contributed by atoms with Crippen LogP contribution in [0.2, 0.25) is 0 Å². The number of methoxy groups -OCH3 is 1. The van der Waals surface area contributed by atoms with Crippen LogP contribution in [0.25, 0.3) is 0 Å². The first-order chi connectivity index (χ1) is 22.2. The molecule has 1 aromatic carbocycles. The quantitative estimate of drug-likeness (QED) is 0.270. The minimum atomic E-state index is -1.27. The summed E-state index contributed by atoms with van der Waals surface area (Å²) >= 11 is 0. The molecule has 3 atom stereocenters. The molecule has 2 saturated heterocycles. The molecule has 15 heteroatoms. The number of imidazole rings is 1. The number of benzene rings is 1. The number of rotatable bonds is 11. The number of carbonyl (C=O) groups is 4. The zero-order chi connectivity index (χ0) is 32.8. The maximum Gasteiger partial charge on any atom is 0.414 e. The third kappa shape index (κ3) is 7.20. The molecule has 5 rings (SSSR count). The van der Waals surface area contributed by atoms with Crippen molar-refractivity contribution >= 4 is 35.4 Å². The van der Waals surface area contributed by atoms with Crippen LogP contribution in [-0.2, 0) is 26.1 Å². The van der Waals surface area contributed by atoms with Gasteiger partial charge < -0.3 is 43.6 Å². The van der Waals surface area contributed by atoms with Gasteiger partial charge in [0.25, 0.3) is 5.91 Å². The predicted molar refractivity (Wildman–Crippen MR) is 163 cm³/mol. The Morgan fingerprint density at radius 2 is 1.93 bits per heavy atom. The number of hydrogen-bond acceptors (Lipinski definition) is 10. The number of aromatic nitrogens is 2. The van der Waals surface area contributed by atoms with E-state index in [-0.39, 0.29) is 65.8 Å². The van der Waals surface area contributed by atoms with Crippen molar-refractivity contribution in [2.45, 2.75) is 76.9 Å². The van der Waals surface area contributed by atoms with E-state index in [0.29, 0.717) is 32.4 Å². The van der Waals surface area contributed by atoms with E-state index in [1.165, 1.54) is 30.0 Å². The van der Waals surface area contributed by atoms with Crippen LogP contribution in [0, 0.1) is 0 Å². The summed E-state index contributed by atoms with van der Waals surface area (Å²) in [5.41, 5.74) is 0.305. The number of carboxylic acid groups (broad SMARTS) is 1. The Bertz CT molecular complexity index is 1440. The Hall–Kier alpha value is -4.37. The summed E-state index contributed by atoms with van der Waals surface area (Å²) in [5, 5.41) is 13.2. The lowest BCUT2D eigenvalue weighted by Gasteiger charge is -2.42. The molecule has 1 aromatic heterocycles. The Morgan fingerprint density at radius 3 is 2.65 bits per heavy atom. The fourth-order valence-corrected chi connectivity index (χ4v) is 6.03. The molecular formula is C31H41N5O10. The minimum Gasteiger partial charge on any atom is -0.493 e. The van der Waals surface area contributed by atoms with Crippen molar-refractivity contribution in [2.75, 3.05) is 43.7 Å². The monoisotopic (exact) mass is 643 g/mol. The minimum absolute atomic E-state index is 0.0691. The number of carbonyl (C=O) groups excluding carboxylic acids is 3. The van der Waals surface area contributed by atoms with Gasteiger partial charge in [0, 0.05) is 38.9 Å². The molecule has 0 radical (unpaired) electrons. The van der Waals surface area contributed by atoms with Crippen molar-refractivity contribution in [3.8, 4) is 11.5 Å². The van der Waals surface area contributed by atoms with Gasteiger partial charge in [-0.25, -0.2) is 19.5 Å². The highest BCUT2D eigenvalue weighted by Crippen LogP contribution is 2.42. The molecule has 15 nitrogen and oxygen atoms in total. The molecule has 0 aliphatic carbocycles. The second-order valence-corrected chi connectivity index (χ2v) is 11.3. The van der Waals surface area contributed by atoms with Crippen LogP contribution in [0.15, 0.2) is 18.3 Å². The van der Waals surface area contributed by atoms with Crippen molar-refractivity contribution in [1.29, 1.82) is 0 Å². The van der Waals surface area contributed by atoms with E-state index in [2.05, 4.69) is 10.3 Å². The first-order valence-corrected chi connectivity index (χ1v) is 15.7. The number of aryl methyl sites for hydroxylation is 1. The molecule has 4 heterocycles. The number of esters is 1. The topological polar surface area (TPSA) is 171 Å². The Labute approximate surface area is 266 Å². The van der Waals surface area contributed by atoms with E-state index in [0.717, 1.165) is 30.6 Å². The average molecular weight is 644 g/mol. The highest BCUT2D eigenvalue weighted by molar-refractivity contribution is 6.05. The molecule has 0 spiro atoms. The van der Waals surface area contributed by atoms with Gasteiger partial charge in [0.1, 0.15) is 0 Å². The largest absolute Gasteiger partial charge is 0.493 e. The maximum absolute atomic E-state index is 13.9. The maximum atomic E-state index is 13.9. The van der Waals surface area contributed by atoms with Crippen LogP contribution >= 0.6 is 0 Å². The van der Waals surface area contributed by atoms with Crippen molar-refractivity contribution in [3.05, 3.63) is 29.7 Å². The van der Waals surface area contributed by atoms with Gasteiger partial charge in [-0.05, 0) is 57.9 Å². The van der Waals surface area contributed by atoms with E-state index >= 15 is 0 Å². The zero-order valence-corrected chi connectivity index (χ0v) is 26.4. The molecule has 3 aliphatic rings. The molecule has 2 aromatic rings. The van der Waals surface area contributed by atoms with Gasteiger partial charge >= 0.3 is 12.1 Å².